The minimum absolute atomic E-state index is 0.0270. The number of hydrogen-bond acceptors (Lipinski definition) is 7. The van der Waals surface area contributed by atoms with Crippen LogP contribution in [0.1, 0.15) is 11.1 Å². The van der Waals surface area contributed by atoms with E-state index in [0.29, 0.717) is 13.1 Å². The molecule has 3 rings (SSSR count). The van der Waals surface area contributed by atoms with Crippen molar-refractivity contribution in [2.24, 2.45) is 34.6 Å². The summed E-state index contributed by atoms with van der Waals surface area (Å²) in [7, 11) is 3.86. The molecule has 0 atom stereocenters. The van der Waals surface area contributed by atoms with E-state index in [1.807, 2.05) is 90.8 Å². The van der Waals surface area contributed by atoms with E-state index in [-0.39, 0.29) is 13.2 Å². The lowest BCUT2D eigenvalue weighted by molar-refractivity contribution is -0.657. The molecule has 0 unspecified atom stereocenters. The van der Waals surface area contributed by atoms with Gasteiger partial charge in [0.25, 0.3) is 0 Å². The second-order valence-electron chi connectivity index (χ2n) is 7.60. The Morgan fingerprint density at radius 1 is 0.875 bits per heavy atom. The summed E-state index contributed by atoms with van der Waals surface area (Å²) >= 11 is 0. The molecule has 0 aliphatic carbocycles. The summed E-state index contributed by atoms with van der Waals surface area (Å²) in [6.45, 7) is 4.94. The molecule has 0 radical (unpaired) electrons. The molecule has 2 N–H and O–H groups in total. The summed E-state index contributed by atoms with van der Waals surface area (Å²) in [6.07, 6.45) is 3.86. The number of aryl methyl sites for hydroxylation is 4. The number of benzene rings is 2. The Kier molecular flexibility index (Phi) is 7.80. The maximum Gasteiger partial charge on any atom is 0.421 e. The lowest BCUT2D eigenvalue weighted by Gasteiger charge is -2.22. The number of hydrogen-bond donors (Lipinski definition) is 2. The third-order valence-corrected chi connectivity index (χ3v) is 5.10. The largest absolute Gasteiger partial charge is 0.421 e. The maximum absolute atomic E-state index is 9.20. The normalized spacial score (nSPS) is 11.7. The molecule has 0 saturated carbocycles. The number of aliphatic hydroxyl groups excluding tert-OH is 2. The van der Waals surface area contributed by atoms with Crippen molar-refractivity contribution in [2.45, 2.75) is 13.8 Å². The van der Waals surface area contributed by atoms with E-state index in [2.05, 4.69) is 20.5 Å². The van der Waals surface area contributed by atoms with Gasteiger partial charge in [0.15, 0.2) is 0 Å². The van der Waals surface area contributed by atoms with Crippen molar-refractivity contribution in [3.63, 3.8) is 0 Å². The Bertz CT molecular complexity index is 1060. The van der Waals surface area contributed by atoms with Crippen LogP contribution in [0, 0.1) is 13.8 Å². The number of imidazole rings is 1. The molecule has 0 saturated heterocycles. The third kappa shape index (κ3) is 5.63. The van der Waals surface area contributed by atoms with Crippen molar-refractivity contribution in [2.75, 3.05) is 31.2 Å². The molecule has 168 valence electrons. The van der Waals surface area contributed by atoms with Crippen LogP contribution in [-0.4, -0.2) is 41.1 Å². The monoisotopic (exact) mass is 436 g/mol. The van der Waals surface area contributed by atoms with E-state index in [0.717, 1.165) is 39.8 Å². The highest BCUT2D eigenvalue weighted by molar-refractivity contribution is 5.59. The minimum Gasteiger partial charge on any atom is -0.395 e. The summed E-state index contributed by atoms with van der Waals surface area (Å²) in [5, 5.41) is 36.0. The highest BCUT2D eigenvalue weighted by Gasteiger charge is 2.11. The van der Waals surface area contributed by atoms with Gasteiger partial charge in [-0.25, -0.2) is 9.13 Å². The Hall–Kier alpha value is -3.43. The first-order valence-corrected chi connectivity index (χ1v) is 10.5. The van der Waals surface area contributed by atoms with Crippen LogP contribution in [0.2, 0.25) is 0 Å². The van der Waals surface area contributed by atoms with E-state index in [1.165, 1.54) is 0 Å². The summed E-state index contributed by atoms with van der Waals surface area (Å²) in [5.74, 6) is 0.754. The lowest BCUT2D eigenvalue weighted by Crippen LogP contribution is -2.29. The first-order valence-electron chi connectivity index (χ1n) is 10.5. The summed E-state index contributed by atoms with van der Waals surface area (Å²) in [5.41, 5.74) is 5.14. The molecular formula is C23H30N7O2+. The molecule has 0 aliphatic heterocycles. The molecule has 3 aromatic rings. The van der Waals surface area contributed by atoms with Crippen molar-refractivity contribution >= 4 is 28.7 Å². The van der Waals surface area contributed by atoms with E-state index < -0.39 is 0 Å². The second-order valence-corrected chi connectivity index (χ2v) is 7.60. The Labute approximate surface area is 188 Å². The molecule has 0 amide bonds. The molecule has 0 fully saturated rings. The van der Waals surface area contributed by atoms with Crippen LogP contribution in [0.5, 0.6) is 0 Å². The number of nitrogens with zero attached hydrogens (tertiary/aromatic N) is 7. The van der Waals surface area contributed by atoms with E-state index in [9.17, 15) is 10.2 Å². The van der Waals surface area contributed by atoms with E-state index >= 15 is 0 Å². The van der Waals surface area contributed by atoms with Crippen molar-refractivity contribution in [1.29, 1.82) is 0 Å². The predicted octanol–water partition coefficient (Wildman–Crippen LogP) is 4.09. The van der Waals surface area contributed by atoms with Crippen LogP contribution >= 0.6 is 0 Å². The summed E-state index contributed by atoms with van der Waals surface area (Å²) in [6, 6.07) is 11.4. The zero-order valence-electron chi connectivity index (χ0n) is 19.0. The number of rotatable bonds is 9. The van der Waals surface area contributed by atoms with Crippen molar-refractivity contribution < 1.29 is 14.8 Å². The molecule has 0 spiro atoms. The van der Waals surface area contributed by atoms with E-state index in [1.54, 1.807) is 0 Å². The van der Waals surface area contributed by atoms with Crippen LogP contribution in [0.15, 0.2) is 69.2 Å². The molecular weight excluding hydrogens is 406 g/mol. The topological polar surface area (TPSA) is 102 Å². The van der Waals surface area contributed by atoms with Gasteiger partial charge in [-0.1, -0.05) is 5.11 Å². The predicted molar refractivity (Wildman–Crippen MR) is 124 cm³/mol. The molecule has 9 nitrogen and oxygen atoms in total. The standard InChI is InChI=1S/C23H30N7O2/c1-17-15-20(25-27-23-28(3)9-10-29(23)4)16-18(2)22(17)26-24-19-5-7-21(8-6-19)30(11-13-31)12-14-32/h5-10,15-16,31-32H,11-14H2,1-4H3/q+1. The first kappa shape index (κ1) is 23.2. The smallest absolute Gasteiger partial charge is 0.395 e. The molecule has 1 heterocycles. The summed E-state index contributed by atoms with van der Waals surface area (Å²) in [4.78, 5) is 1.91. The fourth-order valence-corrected chi connectivity index (χ4v) is 3.42. The van der Waals surface area contributed by atoms with Crippen LogP contribution in [0.3, 0.4) is 0 Å². The van der Waals surface area contributed by atoms with Gasteiger partial charge in [-0.3, -0.25) is 0 Å². The second kappa shape index (κ2) is 10.7. The fraction of sp³-hybridized carbons (Fsp3) is 0.348. The van der Waals surface area contributed by atoms with Crippen molar-refractivity contribution in [3.8, 4) is 0 Å². The van der Waals surface area contributed by atoms with Crippen LogP contribution in [0.25, 0.3) is 0 Å². The zero-order chi connectivity index (χ0) is 23.1. The van der Waals surface area contributed by atoms with Gasteiger partial charge in [0.1, 0.15) is 5.69 Å². The fourth-order valence-electron chi connectivity index (χ4n) is 3.42. The molecule has 32 heavy (non-hydrogen) atoms. The van der Waals surface area contributed by atoms with Gasteiger partial charge in [-0.2, -0.15) is 10.2 Å². The van der Waals surface area contributed by atoms with Crippen LogP contribution < -0.4 is 9.47 Å². The minimum atomic E-state index is 0.0270. The van der Waals surface area contributed by atoms with Gasteiger partial charge < -0.3 is 15.1 Å². The molecule has 9 heteroatoms. The molecule has 2 aromatic carbocycles. The number of anilines is 1. The number of azo groups is 2. The number of aliphatic hydroxyl groups is 2. The average Bonchev–Trinajstić information content (AvgIpc) is 3.09. The molecule has 1 aromatic heterocycles. The van der Waals surface area contributed by atoms with Gasteiger partial charge in [0.05, 0.1) is 51.1 Å². The number of aromatic nitrogens is 2. The van der Waals surface area contributed by atoms with Gasteiger partial charge in [-0.15, -0.1) is 0 Å². The van der Waals surface area contributed by atoms with Crippen LogP contribution in [0.4, 0.5) is 28.7 Å². The van der Waals surface area contributed by atoms with Gasteiger partial charge >= 0.3 is 5.95 Å². The third-order valence-electron chi connectivity index (χ3n) is 5.10. The molecule has 0 bridgehead atoms. The SMILES string of the molecule is Cc1cc(N=Nc2n(C)cc[n+]2C)cc(C)c1N=Nc1ccc(N(CCO)CCO)cc1. The highest BCUT2D eigenvalue weighted by atomic mass is 16.3. The van der Waals surface area contributed by atoms with Crippen molar-refractivity contribution in [1.82, 2.24) is 4.57 Å². The zero-order valence-corrected chi connectivity index (χ0v) is 19.0. The van der Waals surface area contributed by atoms with E-state index in [4.69, 9.17) is 0 Å². The van der Waals surface area contributed by atoms with Gasteiger partial charge in [0.2, 0.25) is 0 Å². The first-order chi connectivity index (χ1) is 15.4. The Morgan fingerprint density at radius 2 is 1.47 bits per heavy atom. The Morgan fingerprint density at radius 3 is 2.00 bits per heavy atom. The highest BCUT2D eigenvalue weighted by Crippen LogP contribution is 2.31. The molecule has 0 aliphatic rings. The average molecular weight is 437 g/mol. The van der Waals surface area contributed by atoms with Gasteiger partial charge in [0, 0.05) is 23.9 Å². The van der Waals surface area contributed by atoms with Crippen molar-refractivity contribution in [3.05, 3.63) is 59.9 Å². The Balaban J connectivity index is 1.76. The lowest BCUT2D eigenvalue weighted by atomic mass is 10.1. The maximum atomic E-state index is 9.20. The van der Waals surface area contributed by atoms with Crippen LogP contribution in [-0.2, 0) is 14.1 Å². The quantitative estimate of drug-likeness (QED) is 0.390. The summed E-state index contributed by atoms with van der Waals surface area (Å²) < 4.78 is 3.81. The van der Waals surface area contributed by atoms with Gasteiger partial charge in [-0.05, 0) is 61.4 Å².